The van der Waals surface area contributed by atoms with Crippen molar-refractivity contribution in [3.05, 3.63) is 57.3 Å². The molecule has 3 rings (SSSR count). The summed E-state index contributed by atoms with van der Waals surface area (Å²) in [5.41, 5.74) is 5.25. The van der Waals surface area contributed by atoms with Crippen LogP contribution >= 0.6 is 15.9 Å². The van der Waals surface area contributed by atoms with Crippen molar-refractivity contribution in [1.82, 2.24) is 9.97 Å². The Bertz CT molecular complexity index is 1090. The van der Waals surface area contributed by atoms with Crippen LogP contribution in [0.3, 0.4) is 0 Å². The van der Waals surface area contributed by atoms with Gasteiger partial charge < -0.3 is 14.5 Å². The van der Waals surface area contributed by atoms with Crippen molar-refractivity contribution in [2.75, 3.05) is 13.7 Å². The van der Waals surface area contributed by atoms with Crippen molar-refractivity contribution in [3.8, 4) is 11.8 Å². The zero-order valence-corrected chi connectivity index (χ0v) is 17.3. The number of hydrogen-bond acceptors (Lipinski definition) is 5. The summed E-state index contributed by atoms with van der Waals surface area (Å²) in [4.78, 5) is 19.0. The Morgan fingerprint density at radius 2 is 2.04 bits per heavy atom. The van der Waals surface area contributed by atoms with Crippen molar-refractivity contribution in [1.29, 1.82) is 5.26 Å². The van der Waals surface area contributed by atoms with Gasteiger partial charge in [0.05, 0.1) is 28.2 Å². The summed E-state index contributed by atoms with van der Waals surface area (Å²) in [6, 6.07) is 11.6. The first kappa shape index (κ1) is 19.6. The van der Waals surface area contributed by atoms with Gasteiger partial charge in [-0.1, -0.05) is 6.07 Å². The Labute approximate surface area is 170 Å². The zero-order chi connectivity index (χ0) is 20.3. The summed E-state index contributed by atoms with van der Waals surface area (Å²) in [6.45, 7) is 3.90. The molecule has 0 saturated heterocycles. The molecular weight excluding hydrogens is 422 g/mol. The van der Waals surface area contributed by atoms with Gasteiger partial charge in [-0.2, -0.15) is 5.26 Å². The Balaban J connectivity index is 1.89. The van der Waals surface area contributed by atoms with Crippen LogP contribution < -0.4 is 4.74 Å². The van der Waals surface area contributed by atoms with E-state index in [1.165, 1.54) is 7.11 Å². The lowest BCUT2D eigenvalue weighted by Crippen LogP contribution is -2.12. The molecule has 2 aromatic carbocycles. The predicted molar refractivity (Wildman–Crippen MR) is 111 cm³/mol. The van der Waals surface area contributed by atoms with Gasteiger partial charge in [-0.3, -0.25) is 0 Å². The van der Waals surface area contributed by atoms with E-state index in [1.807, 2.05) is 26.0 Å². The van der Waals surface area contributed by atoms with Gasteiger partial charge in [0, 0.05) is 0 Å². The number of aryl methyl sites for hydroxylation is 2. The molecule has 1 N–H and O–H groups in total. The lowest BCUT2D eigenvalue weighted by atomic mass is 10.1. The van der Waals surface area contributed by atoms with Crippen molar-refractivity contribution in [2.24, 2.45) is 0 Å². The summed E-state index contributed by atoms with van der Waals surface area (Å²) >= 11 is 3.42. The van der Waals surface area contributed by atoms with Gasteiger partial charge in [0.25, 0.3) is 0 Å². The second-order valence-corrected chi connectivity index (χ2v) is 7.12. The number of aromatic amines is 1. The van der Waals surface area contributed by atoms with Crippen LogP contribution in [0.25, 0.3) is 22.7 Å². The number of allylic oxidation sites excluding steroid dienone is 1. The average Bonchev–Trinajstić information content (AvgIpc) is 3.07. The maximum atomic E-state index is 11.2. The molecule has 0 atom stereocenters. The molecule has 1 aromatic heterocycles. The molecule has 6 nitrogen and oxygen atoms in total. The summed E-state index contributed by atoms with van der Waals surface area (Å²) in [6.07, 6.45) is 1.74. The molecule has 0 amide bonds. The monoisotopic (exact) mass is 439 g/mol. The van der Waals surface area contributed by atoms with Crippen LogP contribution in [0.15, 0.2) is 34.8 Å². The first-order chi connectivity index (χ1) is 13.4. The van der Waals surface area contributed by atoms with Crippen molar-refractivity contribution in [3.63, 3.8) is 0 Å². The number of methoxy groups -OCH3 is 1. The second-order valence-electron chi connectivity index (χ2n) is 6.26. The summed E-state index contributed by atoms with van der Waals surface area (Å²) in [5, 5.41) is 9.61. The topological polar surface area (TPSA) is 88.0 Å². The number of imidazole rings is 1. The average molecular weight is 440 g/mol. The Hall–Kier alpha value is -3.11. The number of hydrogen-bond donors (Lipinski definition) is 1. The predicted octanol–water partition coefficient (Wildman–Crippen LogP) is 4.56. The molecule has 0 aliphatic rings. The number of H-pyrrole nitrogens is 1. The van der Waals surface area contributed by atoms with Crippen molar-refractivity contribution in [2.45, 2.75) is 13.8 Å². The fraction of sp³-hybridized carbons (Fsp3) is 0.190. The number of fused-ring (bicyclic) bond motifs is 1. The number of carbonyl (C=O) groups excluding carboxylic acids is 1. The van der Waals surface area contributed by atoms with E-state index in [0.717, 1.165) is 27.7 Å². The SMILES string of the molecule is COC(=O)COc1ccc(C=C(C#N)c2nc3cc(C)c(C)cc3[nH]2)cc1Br. The first-order valence-electron chi connectivity index (χ1n) is 8.49. The van der Waals surface area contributed by atoms with E-state index in [9.17, 15) is 10.1 Å². The van der Waals surface area contributed by atoms with Gasteiger partial charge >= 0.3 is 5.97 Å². The number of benzene rings is 2. The minimum atomic E-state index is -0.460. The van der Waals surface area contributed by atoms with Crippen molar-refractivity contribution >= 4 is 44.6 Å². The van der Waals surface area contributed by atoms with Gasteiger partial charge in [0.1, 0.15) is 17.6 Å². The number of aromatic nitrogens is 2. The maximum absolute atomic E-state index is 11.2. The normalized spacial score (nSPS) is 11.3. The fourth-order valence-electron chi connectivity index (χ4n) is 2.64. The van der Waals surface area contributed by atoms with E-state index in [4.69, 9.17) is 4.74 Å². The van der Waals surface area contributed by atoms with E-state index in [0.29, 0.717) is 21.6 Å². The second kappa shape index (κ2) is 8.28. The third-order valence-corrected chi connectivity index (χ3v) is 4.93. The molecule has 0 saturated carbocycles. The van der Waals surface area contributed by atoms with Gasteiger partial charge in [0.15, 0.2) is 6.61 Å². The highest BCUT2D eigenvalue weighted by Gasteiger charge is 2.11. The number of nitrogens with one attached hydrogen (secondary N) is 1. The Morgan fingerprint density at radius 3 is 2.71 bits per heavy atom. The molecule has 142 valence electrons. The largest absolute Gasteiger partial charge is 0.481 e. The number of halogens is 1. The van der Waals surface area contributed by atoms with E-state index in [2.05, 4.69) is 36.7 Å². The highest BCUT2D eigenvalue weighted by Crippen LogP contribution is 2.28. The molecule has 0 bridgehead atoms. The maximum Gasteiger partial charge on any atom is 0.343 e. The van der Waals surface area contributed by atoms with Crippen LogP contribution in [-0.4, -0.2) is 29.7 Å². The summed E-state index contributed by atoms with van der Waals surface area (Å²) in [7, 11) is 1.30. The van der Waals surface area contributed by atoms with E-state index >= 15 is 0 Å². The van der Waals surface area contributed by atoms with E-state index in [1.54, 1.807) is 24.3 Å². The van der Waals surface area contributed by atoms with E-state index in [-0.39, 0.29) is 6.61 Å². The van der Waals surface area contributed by atoms with Gasteiger partial charge in [-0.15, -0.1) is 0 Å². The number of ether oxygens (including phenoxy) is 2. The minimum absolute atomic E-state index is 0.175. The molecule has 0 spiro atoms. The number of rotatable bonds is 5. The molecule has 0 aliphatic heterocycles. The lowest BCUT2D eigenvalue weighted by molar-refractivity contribution is -0.142. The van der Waals surface area contributed by atoms with Crippen LogP contribution in [0.1, 0.15) is 22.5 Å². The lowest BCUT2D eigenvalue weighted by Gasteiger charge is -2.07. The molecule has 28 heavy (non-hydrogen) atoms. The van der Waals surface area contributed by atoms with Gasteiger partial charge in [-0.25, -0.2) is 9.78 Å². The third-order valence-electron chi connectivity index (χ3n) is 4.31. The third kappa shape index (κ3) is 4.24. The van der Waals surface area contributed by atoms with Crippen LogP contribution in [-0.2, 0) is 9.53 Å². The van der Waals surface area contributed by atoms with E-state index < -0.39 is 5.97 Å². The number of nitriles is 1. The fourth-order valence-corrected chi connectivity index (χ4v) is 3.15. The van der Waals surface area contributed by atoms with Gasteiger partial charge in [-0.05, 0) is 76.8 Å². The highest BCUT2D eigenvalue weighted by atomic mass is 79.9. The standard InChI is InChI=1S/C21H18BrN3O3/c1-12-6-17-18(7-13(12)2)25-21(24-17)15(10-23)8-14-4-5-19(16(22)9-14)28-11-20(26)27-3/h4-9H,11H2,1-3H3,(H,24,25). The highest BCUT2D eigenvalue weighted by molar-refractivity contribution is 9.10. The zero-order valence-electron chi connectivity index (χ0n) is 15.7. The minimum Gasteiger partial charge on any atom is -0.481 e. The molecule has 3 aromatic rings. The molecular formula is C21H18BrN3O3. The molecule has 0 radical (unpaired) electrons. The number of nitrogens with zero attached hydrogens (tertiary/aromatic N) is 2. The number of esters is 1. The van der Waals surface area contributed by atoms with Crippen LogP contribution in [0.2, 0.25) is 0 Å². The van der Waals surface area contributed by atoms with Crippen molar-refractivity contribution < 1.29 is 14.3 Å². The molecule has 0 unspecified atom stereocenters. The van der Waals surface area contributed by atoms with Gasteiger partial charge in [0.2, 0.25) is 0 Å². The molecule has 0 aliphatic carbocycles. The smallest absolute Gasteiger partial charge is 0.343 e. The van der Waals surface area contributed by atoms with Crippen LogP contribution in [0, 0.1) is 25.2 Å². The molecule has 1 heterocycles. The molecule has 0 fully saturated rings. The Morgan fingerprint density at radius 1 is 1.29 bits per heavy atom. The van der Waals surface area contributed by atoms with Crippen LogP contribution in [0.4, 0.5) is 0 Å². The number of carbonyl (C=O) groups is 1. The first-order valence-corrected chi connectivity index (χ1v) is 9.29. The summed E-state index contributed by atoms with van der Waals surface area (Å²) < 4.78 is 10.6. The van der Waals surface area contributed by atoms with Crippen LogP contribution in [0.5, 0.6) is 5.75 Å². The quantitative estimate of drug-likeness (QED) is 0.464. The summed E-state index contributed by atoms with van der Waals surface area (Å²) in [5.74, 6) is 0.568. The molecule has 7 heteroatoms. The Kier molecular flexibility index (Phi) is 5.81.